The Morgan fingerprint density at radius 3 is 2.54 bits per heavy atom. The molecule has 0 fully saturated rings. The van der Waals surface area contributed by atoms with Crippen LogP contribution in [0, 0.1) is 0 Å². The van der Waals surface area contributed by atoms with E-state index in [0.29, 0.717) is 0 Å². The summed E-state index contributed by atoms with van der Waals surface area (Å²) in [5.74, 6) is 0.830. The van der Waals surface area contributed by atoms with E-state index >= 15 is 0 Å². The molecule has 3 rings (SSSR count). The number of hydrazone groups is 1. The zero-order valence-electron chi connectivity index (χ0n) is 15.9. The van der Waals surface area contributed by atoms with Gasteiger partial charge in [-0.25, -0.2) is 0 Å². The van der Waals surface area contributed by atoms with E-state index in [1.807, 2.05) is 32.3 Å². The van der Waals surface area contributed by atoms with Crippen LogP contribution >= 0.6 is 0 Å². The van der Waals surface area contributed by atoms with Gasteiger partial charge in [-0.2, -0.15) is 5.10 Å². The van der Waals surface area contributed by atoms with Crippen molar-refractivity contribution in [2.45, 2.75) is 25.8 Å². The first-order valence-corrected chi connectivity index (χ1v) is 8.86. The van der Waals surface area contributed by atoms with Gasteiger partial charge in [0.25, 0.3) is 0 Å². The summed E-state index contributed by atoms with van der Waals surface area (Å²) in [6.07, 6.45) is 6.66. The van der Waals surface area contributed by atoms with E-state index in [9.17, 15) is 0 Å². The van der Waals surface area contributed by atoms with Crippen molar-refractivity contribution >= 4 is 23.8 Å². The van der Waals surface area contributed by atoms with Gasteiger partial charge in [0.1, 0.15) is 5.84 Å². The van der Waals surface area contributed by atoms with Gasteiger partial charge in [-0.05, 0) is 49.6 Å². The molecule has 2 aromatic carbocycles. The second-order valence-corrected chi connectivity index (χ2v) is 7.34. The molecule has 134 valence electrons. The summed E-state index contributed by atoms with van der Waals surface area (Å²) in [7, 11) is 4.08. The molecule has 0 saturated heterocycles. The van der Waals surface area contributed by atoms with Crippen LogP contribution in [0.25, 0.3) is 6.08 Å². The van der Waals surface area contributed by atoms with Gasteiger partial charge in [-0.3, -0.25) is 10.4 Å². The molecule has 1 N–H and O–H groups in total. The van der Waals surface area contributed by atoms with Gasteiger partial charge in [0.05, 0.1) is 5.54 Å². The minimum absolute atomic E-state index is 0.115. The molecule has 0 aromatic heterocycles. The molecule has 0 atom stereocenters. The van der Waals surface area contributed by atoms with Gasteiger partial charge in [-0.1, -0.05) is 42.5 Å². The Bertz CT molecular complexity index is 843. The van der Waals surface area contributed by atoms with Gasteiger partial charge >= 0.3 is 0 Å². The Labute approximate surface area is 156 Å². The van der Waals surface area contributed by atoms with Crippen LogP contribution in [-0.4, -0.2) is 31.7 Å². The van der Waals surface area contributed by atoms with E-state index in [4.69, 9.17) is 4.99 Å². The maximum Gasteiger partial charge on any atom is 0.149 e. The van der Waals surface area contributed by atoms with Crippen LogP contribution in [-0.2, 0) is 6.42 Å². The molecule has 0 amide bonds. The predicted molar refractivity (Wildman–Crippen MR) is 112 cm³/mol. The van der Waals surface area contributed by atoms with Crippen molar-refractivity contribution in [3.8, 4) is 0 Å². The van der Waals surface area contributed by atoms with Crippen LogP contribution in [0.1, 0.15) is 30.5 Å². The number of anilines is 1. The standard InChI is InChI=1S/C22H26N4/c1-22(2)16-18-9-5-6-10-20(18)21(24-22)25-23-15-7-8-17-11-13-19(14-12-17)26(3)4/h5-15H,16H2,1-4H3,(H,24,25)/b8-7-,23-15?. The summed E-state index contributed by atoms with van der Waals surface area (Å²) in [5, 5.41) is 4.32. The number of aliphatic imine (C=N–C) groups is 1. The average molecular weight is 346 g/mol. The first-order chi connectivity index (χ1) is 12.4. The van der Waals surface area contributed by atoms with Crippen LogP contribution in [0.15, 0.2) is 64.7 Å². The second-order valence-electron chi connectivity index (χ2n) is 7.34. The highest BCUT2D eigenvalue weighted by atomic mass is 15.3. The van der Waals surface area contributed by atoms with Crippen LogP contribution in [0.4, 0.5) is 5.69 Å². The molecule has 0 bridgehead atoms. The Morgan fingerprint density at radius 2 is 1.81 bits per heavy atom. The lowest BCUT2D eigenvalue weighted by molar-refractivity contribution is 0.509. The molecule has 0 spiro atoms. The fourth-order valence-corrected chi connectivity index (χ4v) is 3.04. The number of hydrogen-bond donors (Lipinski definition) is 1. The van der Waals surface area contributed by atoms with Crippen molar-refractivity contribution in [1.82, 2.24) is 5.43 Å². The minimum atomic E-state index is -0.115. The maximum atomic E-state index is 4.80. The molecule has 0 aliphatic carbocycles. The minimum Gasteiger partial charge on any atom is -0.378 e. The molecule has 1 aliphatic heterocycles. The van der Waals surface area contributed by atoms with Gasteiger partial charge in [-0.15, -0.1) is 0 Å². The molecule has 0 unspecified atom stereocenters. The van der Waals surface area contributed by atoms with Crippen molar-refractivity contribution in [1.29, 1.82) is 0 Å². The summed E-state index contributed by atoms with van der Waals surface area (Å²) in [6, 6.07) is 16.8. The van der Waals surface area contributed by atoms with Gasteiger partial charge in [0.15, 0.2) is 0 Å². The summed E-state index contributed by atoms with van der Waals surface area (Å²) in [4.78, 5) is 6.89. The van der Waals surface area contributed by atoms with Crippen molar-refractivity contribution in [2.24, 2.45) is 10.1 Å². The number of fused-ring (bicyclic) bond motifs is 1. The van der Waals surface area contributed by atoms with Crippen molar-refractivity contribution in [2.75, 3.05) is 19.0 Å². The Morgan fingerprint density at radius 1 is 1.08 bits per heavy atom. The fraction of sp³-hybridized carbons (Fsp3) is 0.273. The molecule has 2 aromatic rings. The smallest absolute Gasteiger partial charge is 0.149 e. The zero-order valence-corrected chi connectivity index (χ0v) is 15.9. The van der Waals surface area contributed by atoms with E-state index in [0.717, 1.165) is 23.4 Å². The van der Waals surface area contributed by atoms with E-state index < -0.39 is 0 Å². The summed E-state index contributed by atoms with van der Waals surface area (Å²) in [5.41, 5.74) is 7.76. The number of nitrogens with one attached hydrogen (secondary N) is 1. The predicted octanol–water partition coefficient (Wildman–Crippen LogP) is 4.12. The van der Waals surface area contributed by atoms with E-state index in [1.54, 1.807) is 6.21 Å². The molecule has 0 radical (unpaired) electrons. The Hall–Kier alpha value is -2.88. The van der Waals surface area contributed by atoms with E-state index in [2.05, 4.69) is 71.7 Å². The third-order valence-corrected chi connectivity index (χ3v) is 4.34. The second kappa shape index (κ2) is 7.56. The largest absolute Gasteiger partial charge is 0.378 e. The molecule has 26 heavy (non-hydrogen) atoms. The van der Waals surface area contributed by atoms with Crippen LogP contribution in [0.5, 0.6) is 0 Å². The molecule has 4 nitrogen and oxygen atoms in total. The zero-order chi connectivity index (χ0) is 18.6. The molecule has 1 heterocycles. The monoisotopic (exact) mass is 346 g/mol. The summed E-state index contributed by atoms with van der Waals surface area (Å²) in [6.45, 7) is 4.29. The number of amidine groups is 1. The fourth-order valence-electron chi connectivity index (χ4n) is 3.04. The number of benzene rings is 2. The molecule has 0 saturated carbocycles. The van der Waals surface area contributed by atoms with E-state index in [1.165, 1.54) is 11.3 Å². The average Bonchev–Trinajstić information content (AvgIpc) is 2.60. The maximum absolute atomic E-state index is 4.80. The molecular weight excluding hydrogens is 320 g/mol. The summed E-state index contributed by atoms with van der Waals surface area (Å²) >= 11 is 0. The topological polar surface area (TPSA) is 40.0 Å². The van der Waals surface area contributed by atoms with Crippen LogP contribution in [0.2, 0.25) is 0 Å². The lowest BCUT2D eigenvalue weighted by atomic mass is 9.89. The number of allylic oxidation sites excluding steroid dienone is 1. The highest BCUT2D eigenvalue weighted by Gasteiger charge is 2.26. The number of rotatable bonds is 4. The van der Waals surface area contributed by atoms with Crippen LogP contribution < -0.4 is 10.3 Å². The third-order valence-electron chi connectivity index (χ3n) is 4.34. The lowest BCUT2D eigenvalue weighted by Crippen LogP contribution is -2.34. The first kappa shape index (κ1) is 17.9. The highest BCUT2D eigenvalue weighted by molar-refractivity contribution is 6.01. The number of hydrogen-bond acceptors (Lipinski definition) is 4. The SMILES string of the molecule is CN(C)c1ccc(/C=C\C=NNC2=NC(C)(C)Cc3ccccc32)cc1. The Kier molecular flexibility index (Phi) is 5.21. The first-order valence-electron chi connectivity index (χ1n) is 8.86. The van der Waals surface area contributed by atoms with Crippen molar-refractivity contribution < 1.29 is 0 Å². The Balaban J connectivity index is 1.65. The van der Waals surface area contributed by atoms with Gasteiger partial charge in [0.2, 0.25) is 0 Å². The quantitative estimate of drug-likeness (QED) is 0.668. The van der Waals surface area contributed by atoms with Crippen molar-refractivity contribution in [3.05, 3.63) is 71.3 Å². The van der Waals surface area contributed by atoms with Crippen LogP contribution in [0.3, 0.4) is 0 Å². The third kappa shape index (κ3) is 4.39. The normalized spacial score (nSPS) is 15.8. The number of nitrogens with zero attached hydrogens (tertiary/aromatic N) is 3. The highest BCUT2D eigenvalue weighted by Crippen LogP contribution is 2.25. The molecule has 4 heteroatoms. The summed E-state index contributed by atoms with van der Waals surface area (Å²) < 4.78 is 0. The molecule has 1 aliphatic rings. The van der Waals surface area contributed by atoms with E-state index in [-0.39, 0.29) is 5.54 Å². The molecular formula is C22H26N4. The van der Waals surface area contributed by atoms with Gasteiger partial charge in [0, 0.05) is 31.6 Å². The van der Waals surface area contributed by atoms with Crippen molar-refractivity contribution in [3.63, 3.8) is 0 Å². The lowest BCUT2D eigenvalue weighted by Gasteiger charge is -2.28. The van der Waals surface area contributed by atoms with Gasteiger partial charge < -0.3 is 4.90 Å².